The average Bonchev–Trinajstić information content (AvgIpc) is 3.09. The van der Waals surface area contributed by atoms with Gasteiger partial charge in [-0.3, -0.25) is 0 Å². The molecule has 1 unspecified atom stereocenters. The Bertz CT molecular complexity index is 870. The van der Waals surface area contributed by atoms with Crippen LogP contribution in [0.2, 0.25) is 0 Å². The van der Waals surface area contributed by atoms with Crippen LogP contribution in [0, 0.1) is 0 Å². The maximum absolute atomic E-state index is 2.51. The van der Waals surface area contributed by atoms with Gasteiger partial charge in [-0.1, -0.05) is 24.3 Å². The number of likely N-dealkylation sites (N-methyl/N-ethyl adjacent to an activating group) is 1. The number of hydrogen-bond acceptors (Lipinski definition) is 4. The number of anilines is 4. The van der Waals surface area contributed by atoms with E-state index in [4.69, 9.17) is 0 Å². The molecule has 0 N–H and O–H groups in total. The molecule has 2 aliphatic heterocycles. The standard InChI is InChI=1S/C23H30N4/c1-16(2)26-20-13-9-7-11-18(20)24(5)22(26)15-23-25(6)19-12-8-10-14-21(19)27(23)17(3)4/h7-17,22H,1-6H3/b23-15+. The van der Waals surface area contributed by atoms with E-state index >= 15 is 0 Å². The molecule has 0 saturated carbocycles. The number of fused-ring (bicyclic) bond motifs is 2. The molecular weight excluding hydrogens is 332 g/mol. The van der Waals surface area contributed by atoms with Crippen molar-refractivity contribution in [2.75, 3.05) is 33.7 Å². The second-order valence-electron chi connectivity index (χ2n) is 8.05. The van der Waals surface area contributed by atoms with E-state index in [1.807, 2.05) is 0 Å². The maximum atomic E-state index is 2.51. The van der Waals surface area contributed by atoms with Gasteiger partial charge < -0.3 is 19.6 Å². The SMILES string of the molecule is CC(C)N1/C(=C/C2N(C)c3ccccc3N2C(C)C)N(C)c2ccccc21. The number of para-hydroxylation sites is 4. The molecule has 0 spiro atoms. The highest BCUT2D eigenvalue weighted by atomic mass is 15.4. The molecule has 4 heteroatoms. The quantitative estimate of drug-likeness (QED) is 0.771. The Balaban J connectivity index is 1.81. The summed E-state index contributed by atoms with van der Waals surface area (Å²) in [6.07, 6.45) is 2.61. The Kier molecular flexibility index (Phi) is 4.29. The van der Waals surface area contributed by atoms with Crippen LogP contribution in [-0.4, -0.2) is 32.3 Å². The van der Waals surface area contributed by atoms with E-state index in [1.54, 1.807) is 0 Å². The summed E-state index contributed by atoms with van der Waals surface area (Å²) in [5.74, 6) is 1.25. The van der Waals surface area contributed by atoms with Crippen LogP contribution < -0.4 is 19.6 Å². The van der Waals surface area contributed by atoms with Crippen LogP contribution in [0.15, 0.2) is 60.4 Å². The lowest BCUT2D eigenvalue weighted by atomic mass is 10.2. The first-order valence-corrected chi connectivity index (χ1v) is 9.85. The fourth-order valence-electron chi connectivity index (χ4n) is 4.46. The second kappa shape index (κ2) is 6.52. The molecule has 0 aromatic heterocycles. The van der Waals surface area contributed by atoms with E-state index in [0.29, 0.717) is 12.1 Å². The number of hydrogen-bond donors (Lipinski definition) is 0. The molecule has 2 aromatic carbocycles. The van der Waals surface area contributed by atoms with Crippen molar-refractivity contribution in [2.45, 2.75) is 45.9 Å². The highest BCUT2D eigenvalue weighted by Crippen LogP contribution is 2.44. The molecule has 0 aliphatic carbocycles. The Morgan fingerprint density at radius 1 is 0.741 bits per heavy atom. The third-order valence-electron chi connectivity index (χ3n) is 5.69. The van der Waals surface area contributed by atoms with Crippen molar-refractivity contribution in [3.05, 3.63) is 60.4 Å². The Labute approximate surface area is 163 Å². The zero-order valence-corrected chi connectivity index (χ0v) is 17.2. The molecule has 0 bridgehead atoms. The first kappa shape index (κ1) is 17.8. The third-order valence-corrected chi connectivity index (χ3v) is 5.69. The lowest BCUT2D eigenvalue weighted by Crippen LogP contribution is -2.45. The summed E-state index contributed by atoms with van der Waals surface area (Å²) < 4.78 is 0. The summed E-state index contributed by atoms with van der Waals surface area (Å²) in [5, 5.41) is 0. The number of nitrogens with zero attached hydrogens (tertiary/aromatic N) is 4. The fraction of sp³-hybridized carbons (Fsp3) is 0.391. The summed E-state index contributed by atoms with van der Waals surface area (Å²) in [6.45, 7) is 9.07. The van der Waals surface area contributed by atoms with E-state index in [2.05, 4.69) is 116 Å². The zero-order valence-electron chi connectivity index (χ0n) is 17.2. The maximum Gasteiger partial charge on any atom is 0.125 e. The molecule has 27 heavy (non-hydrogen) atoms. The van der Waals surface area contributed by atoms with E-state index in [0.717, 1.165) is 0 Å². The second-order valence-corrected chi connectivity index (χ2v) is 8.05. The Hall–Kier alpha value is -2.62. The molecule has 2 heterocycles. The molecule has 4 nitrogen and oxygen atoms in total. The molecule has 142 valence electrons. The minimum absolute atomic E-state index is 0.190. The van der Waals surface area contributed by atoms with Crippen LogP contribution in [0.4, 0.5) is 22.7 Å². The van der Waals surface area contributed by atoms with Crippen LogP contribution in [0.3, 0.4) is 0 Å². The van der Waals surface area contributed by atoms with E-state index < -0.39 is 0 Å². The van der Waals surface area contributed by atoms with Crippen molar-refractivity contribution in [1.82, 2.24) is 0 Å². The van der Waals surface area contributed by atoms with E-state index in [1.165, 1.54) is 28.6 Å². The first-order valence-electron chi connectivity index (χ1n) is 9.85. The molecule has 2 aliphatic rings. The lowest BCUT2D eigenvalue weighted by Gasteiger charge is -2.34. The van der Waals surface area contributed by atoms with E-state index in [-0.39, 0.29) is 6.17 Å². The summed E-state index contributed by atoms with van der Waals surface area (Å²) in [4.78, 5) is 9.67. The summed E-state index contributed by atoms with van der Waals surface area (Å²) >= 11 is 0. The molecule has 1 atom stereocenters. The van der Waals surface area contributed by atoms with Gasteiger partial charge in [0, 0.05) is 26.2 Å². The zero-order chi connectivity index (χ0) is 19.3. The molecule has 0 radical (unpaired) electrons. The summed E-state index contributed by atoms with van der Waals surface area (Å²) in [7, 11) is 4.37. The monoisotopic (exact) mass is 362 g/mol. The third kappa shape index (κ3) is 2.66. The van der Waals surface area contributed by atoms with Crippen molar-refractivity contribution in [3.63, 3.8) is 0 Å². The predicted molar refractivity (Wildman–Crippen MR) is 117 cm³/mol. The van der Waals surface area contributed by atoms with Gasteiger partial charge in [-0.2, -0.15) is 0 Å². The number of rotatable bonds is 3. The van der Waals surface area contributed by atoms with Crippen molar-refractivity contribution >= 4 is 22.7 Å². The van der Waals surface area contributed by atoms with Gasteiger partial charge in [0.15, 0.2) is 0 Å². The van der Waals surface area contributed by atoms with Gasteiger partial charge in [-0.25, -0.2) is 0 Å². The molecule has 0 saturated heterocycles. The van der Waals surface area contributed by atoms with Gasteiger partial charge in [0.05, 0.1) is 22.7 Å². The minimum atomic E-state index is 0.190. The van der Waals surface area contributed by atoms with Crippen LogP contribution >= 0.6 is 0 Å². The van der Waals surface area contributed by atoms with Crippen molar-refractivity contribution in [2.24, 2.45) is 0 Å². The van der Waals surface area contributed by atoms with Gasteiger partial charge >= 0.3 is 0 Å². The van der Waals surface area contributed by atoms with Crippen LogP contribution in [0.5, 0.6) is 0 Å². The normalized spacial score (nSPS) is 20.3. The molecule has 0 fully saturated rings. The topological polar surface area (TPSA) is 13.0 Å². The van der Waals surface area contributed by atoms with E-state index in [9.17, 15) is 0 Å². The van der Waals surface area contributed by atoms with Crippen LogP contribution in [0.25, 0.3) is 0 Å². The van der Waals surface area contributed by atoms with Crippen molar-refractivity contribution in [1.29, 1.82) is 0 Å². The number of benzene rings is 2. The van der Waals surface area contributed by atoms with Gasteiger partial charge in [0.2, 0.25) is 0 Å². The molecule has 2 aromatic rings. The fourth-order valence-corrected chi connectivity index (χ4v) is 4.46. The summed E-state index contributed by atoms with van der Waals surface area (Å²) in [5.41, 5.74) is 5.16. The van der Waals surface area contributed by atoms with Crippen LogP contribution in [-0.2, 0) is 0 Å². The highest BCUT2D eigenvalue weighted by molar-refractivity contribution is 5.84. The van der Waals surface area contributed by atoms with Gasteiger partial charge in [0.1, 0.15) is 12.0 Å². The predicted octanol–water partition coefficient (Wildman–Crippen LogP) is 4.88. The highest BCUT2D eigenvalue weighted by Gasteiger charge is 2.37. The smallest absolute Gasteiger partial charge is 0.125 e. The summed E-state index contributed by atoms with van der Waals surface area (Å²) in [6, 6.07) is 18.2. The Morgan fingerprint density at radius 3 is 1.89 bits per heavy atom. The molecule has 4 rings (SSSR count). The van der Waals surface area contributed by atoms with Crippen molar-refractivity contribution in [3.8, 4) is 0 Å². The first-order chi connectivity index (χ1) is 12.9. The molecule has 0 amide bonds. The average molecular weight is 363 g/mol. The van der Waals surface area contributed by atoms with Gasteiger partial charge in [-0.15, -0.1) is 0 Å². The van der Waals surface area contributed by atoms with Crippen LogP contribution in [0.1, 0.15) is 27.7 Å². The Morgan fingerprint density at radius 2 is 1.30 bits per heavy atom. The van der Waals surface area contributed by atoms with Gasteiger partial charge in [0.25, 0.3) is 0 Å². The van der Waals surface area contributed by atoms with Crippen molar-refractivity contribution < 1.29 is 0 Å². The van der Waals surface area contributed by atoms with Gasteiger partial charge in [-0.05, 0) is 58.0 Å². The molecular formula is C23H30N4. The largest absolute Gasteiger partial charge is 0.349 e. The lowest BCUT2D eigenvalue weighted by molar-refractivity contribution is 0.625. The minimum Gasteiger partial charge on any atom is -0.349 e.